The molecular formula is C10H17ClN4O2. The van der Waals surface area contributed by atoms with Crippen molar-refractivity contribution in [3.63, 3.8) is 0 Å². The molecule has 1 amide bonds. The predicted octanol–water partition coefficient (Wildman–Crippen LogP) is 0.558. The number of piperidine rings is 1. The number of amides is 1. The molecule has 1 saturated heterocycles. The molecule has 2 N–H and O–H groups in total. The smallest absolute Gasteiger partial charge is 0.237 e. The first-order chi connectivity index (χ1) is 7.75. The fourth-order valence-electron chi connectivity index (χ4n) is 1.78. The first-order valence-electron chi connectivity index (χ1n) is 5.56. The standard InChI is InChI=1S/C10H16N4O2.ClH/c1-7-13-9(14-16-7)6-12-10(15)8-4-2-3-5-11-8;/h8,11H,2-6H2,1H3,(H,12,15);1H/t8-;/m0./s1. The second-order valence-electron chi connectivity index (χ2n) is 3.95. The summed E-state index contributed by atoms with van der Waals surface area (Å²) in [7, 11) is 0. The maximum absolute atomic E-state index is 11.7. The molecule has 0 unspecified atom stereocenters. The Morgan fingerprint density at radius 3 is 3.00 bits per heavy atom. The van der Waals surface area contributed by atoms with Crippen LogP contribution in [0.2, 0.25) is 0 Å². The molecule has 2 heterocycles. The fourth-order valence-corrected chi connectivity index (χ4v) is 1.78. The Hall–Kier alpha value is -1.14. The van der Waals surface area contributed by atoms with Crippen LogP contribution >= 0.6 is 12.4 Å². The van der Waals surface area contributed by atoms with Crippen molar-refractivity contribution in [2.45, 2.75) is 38.8 Å². The fraction of sp³-hybridized carbons (Fsp3) is 0.700. The molecule has 1 aliphatic rings. The molecule has 1 aromatic heterocycles. The Labute approximate surface area is 106 Å². The lowest BCUT2D eigenvalue weighted by atomic mass is 10.0. The average molecular weight is 261 g/mol. The van der Waals surface area contributed by atoms with Crippen LogP contribution in [0, 0.1) is 6.92 Å². The van der Waals surface area contributed by atoms with E-state index in [4.69, 9.17) is 4.52 Å². The molecule has 0 saturated carbocycles. The molecular weight excluding hydrogens is 244 g/mol. The summed E-state index contributed by atoms with van der Waals surface area (Å²) in [6.07, 6.45) is 3.15. The number of halogens is 1. The highest BCUT2D eigenvalue weighted by atomic mass is 35.5. The van der Waals surface area contributed by atoms with Gasteiger partial charge in [0, 0.05) is 6.92 Å². The van der Waals surface area contributed by atoms with Crippen LogP contribution in [0.4, 0.5) is 0 Å². The number of carbonyl (C=O) groups excluding carboxylic acids is 1. The Bertz CT molecular complexity index is 363. The molecule has 96 valence electrons. The molecule has 1 aliphatic heterocycles. The van der Waals surface area contributed by atoms with Gasteiger partial charge in [-0.3, -0.25) is 4.79 Å². The van der Waals surface area contributed by atoms with E-state index in [1.807, 2.05) is 0 Å². The lowest BCUT2D eigenvalue weighted by Crippen LogP contribution is -2.46. The van der Waals surface area contributed by atoms with Crippen molar-refractivity contribution < 1.29 is 9.32 Å². The van der Waals surface area contributed by atoms with Crippen molar-refractivity contribution in [2.75, 3.05) is 6.54 Å². The molecule has 1 aromatic rings. The van der Waals surface area contributed by atoms with E-state index in [1.165, 1.54) is 0 Å². The maximum Gasteiger partial charge on any atom is 0.237 e. The topological polar surface area (TPSA) is 80.0 Å². The number of hydrogen-bond acceptors (Lipinski definition) is 5. The molecule has 1 atom stereocenters. The zero-order valence-corrected chi connectivity index (χ0v) is 10.5. The van der Waals surface area contributed by atoms with Gasteiger partial charge in [0.25, 0.3) is 0 Å². The van der Waals surface area contributed by atoms with Gasteiger partial charge in [-0.15, -0.1) is 12.4 Å². The Balaban J connectivity index is 0.00000144. The summed E-state index contributed by atoms with van der Waals surface area (Å²) in [6.45, 7) is 2.97. The van der Waals surface area contributed by atoms with E-state index in [0.717, 1.165) is 25.8 Å². The summed E-state index contributed by atoms with van der Waals surface area (Å²) >= 11 is 0. The molecule has 1 fully saturated rings. The highest BCUT2D eigenvalue weighted by molar-refractivity contribution is 5.85. The number of nitrogens with one attached hydrogen (secondary N) is 2. The van der Waals surface area contributed by atoms with E-state index >= 15 is 0 Å². The molecule has 17 heavy (non-hydrogen) atoms. The predicted molar refractivity (Wildman–Crippen MR) is 63.8 cm³/mol. The third-order valence-electron chi connectivity index (χ3n) is 2.62. The zero-order chi connectivity index (χ0) is 11.4. The Morgan fingerprint density at radius 2 is 2.41 bits per heavy atom. The summed E-state index contributed by atoms with van der Waals surface area (Å²) in [5.41, 5.74) is 0. The largest absolute Gasteiger partial charge is 0.347 e. The first kappa shape index (κ1) is 13.9. The second kappa shape index (κ2) is 6.56. The Morgan fingerprint density at radius 1 is 1.59 bits per heavy atom. The quantitative estimate of drug-likeness (QED) is 0.830. The van der Waals surface area contributed by atoms with Crippen LogP contribution in [0.15, 0.2) is 4.52 Å². The molecule has 0 aromatic carbocycles. The minimum atomic E-state index is -0.0678. The van der Waals surface area contributed by atoms with Gasteiger partial charge in [0.15, 0.2) is 5.82 Å². The number of hydrogen-bond donors (Lipinski definition) is 2. The van der Waals surface area contributed by atoms with Crippen LogP contribution < -0.4 is 10.6 Å². The molecule has 0 radical (unpaired) electrons. The highest BCUT2D eigenvalue weighted by Gasteiger charge is 2.20. The van der Waals surface area contributed by atoms with Gasteiger partial charge < -0.3 is 15.2 Å². The molecule has 0 spiro atoms. The summed E-state index contributed by atoms with van der Waals surface area (Å²) in [4.78, 5) is 15.7. The van der Waals surface area contributed by atoms with E-state index in [9.17, 15) is 4.79 Å². The van der Waals surface area contributed by atoms with Crippen molar-refractivity contribution in [2.24, 2.45) is 0 Å². The van der Waals surface area contributed by atoms with Crippen LogP contribution in [-0.2, 0) is 11.3 Å². The van der Waals surface area contributed by atoms with Gasteiger partial charge in [0.05, 0.1) is 12.6 Å². The van der Waals surface area contributed by atoms with Gasteiger partial charge in [-0.1, -0.05) is 11.6 Å². The third-order valence-corrected chi connectivity index (χ3v) is 2.62. The number of aromatic nitrogens is 2. The van der Waals surface area contributed by atoms with E-state index < -0.39 is 0 Å². The van der Waals surface area contributed by atoms with Crippen molar-refractivity contribution in [1.82, 2.24) is 20.8 Å². The van der Waals surface area contributed by atoms with Crippen molar-refractivity contribution in [3.8, 4) is 0 Å². The molecule has 0 aliphatic carbocycles. The number of rotatable bonds is 3. The lowest BCUT2D eigenvalue weighted by molar-refractivity contribution is -0.123. The average Bonchev–Trinajstić information content (AvgIpc) is 2.73. The molecule has 0 bridgehead atoms. The summed E-state index contributed by atoms with van der Waals surface area (Å²) in [5, 5.41) is 9.69. The van der Waals surface area contributed by atoms with E-state index in [0.29, 0.717) is 18.3 Å². The maximum atomic E-state index is 11.7. The summed E-state index contributed by atoms with van der Waals surface area (Å²) in [5.74, 6) is 1.05. The van der Waals surface area contributed by atoms with Crippen molar-refractivity contribution in [3.05, 3.63) is 11.7 Å². The number of aryl methyl sites for hydroxylation is 1. The van der Waals surface area contributed by atoms with Gasteiger partial charge in [0.1, 0.15) is 0 Å². The van der Waals surface area contributed by atoms with E-state index in [1.54, 1.807) is 6.92 Å². The second-order valence-corrected chi connectivity index (χ2v) is 3.95. The van der Waals surface area contributed by atoms with Crippen molar-refractivity contribution >= 4 is 18.3 Å². The Kier molecular flexibility index (Phi) is 5.37. The molecule has 6 nitrogen and oxygen atoms in total. The van der Waals surface area contributed by atoms with Crippen molar-refractivity contribution in [1.29, 1.82) is 0 Å². The third kappa shape index (κ3) is 3.98. The number of nitrogens with zero attached hydrogens (tertiary/aromatic N) is 2. The van der Waals surface area contributed by atoms with Gasteiger partial charge in [-0.2, -0.15) is 4.98 Å². The summed E-state index contributed by atoms with van der Waals surface area (Å²) < 4.78 is 4.81. The van der Waals surface area contributed by atoms with Crippen LogP contribution in [0.1, 0.15) is 31.0 Å². The zero-order valence-electron chi connectivity index (χ0n) is 9.73. The SMILES string of the molecule is Cc1nc(CNC(=O)[C@@H]2CCCCN2)no1.Cl. The first-order valence-corrected chi connectivity index (χ1v) is 5.56. The van der Waals surface area contributed by atoms with Gasteiger partial charge in [0.2, 0.25) is 11.8 Å². The van der Waals surface area contributed by atoms with E-state index in [2.05, 4.69) is 20.8 Å². The van der Waals surface area contributed by atoms with Crippen LogP contribution in [0.5, 0.6) is 0 Å². The monoisotopic (exact) mass is 260 g/mol. The van der Waals surface area contributed by atoms with Crippen LogP contribution in [0.25, 0.3) is 0 Å². The van der Waals surface area contributed by atoms with Gasteiger partial charge >= 0.3 is 0 Å². The molecule has 7 heteroatoms. The summed E-state index contributed by atoms with van der Waals surface area (Å²) in [6, 6.07) is -0.0678. The van der Waals surface area contributed by atoms with Gasteiger partial charge in [-0.05, 0) is 19.4 Å². The molecule has 2 rings (SSSR count). The lowest BCUT2D eigenvalue weighted by Gasteiger charge is -2.22. The highest BCUT2D eigenvalue weighted by Crippen LogP contribution is 2.06. The normalized spacial score (nSPS) is 19.5. The minimum absolute atomic E-state index is 0. The van der Waals surface area contributed by atoms with Gasteiger partial charge in [-0.25, -0.2) is 0 Å². The van der Waals surface area contributed by atoms with Crippen LogP contribution in [0.3, 0.4) is 0 Å². The number of carbonyl (C=O) groups is 1. The van der Waals surface area contributed by atoms with Crippen LogP contribution in [-0.4, -0.2) is 28.6 Å². The minimum Gasteiger partial charge on any atom is -0.347 e. The van der Waals surface area contributed by atoms with E-state index in [-0.39, 0.29) is 24.4 Å².